The Morgan fingerprint density at radius 2 is 1.70 bits per heavy atom. The Bertz CT molecular complexity index is 802. The molecular formula is C21H24N2O4. The molecule has 1 saturated heterocycles. The lowest BCUT2D eigenvalue weighted by Gasteiger charge is -2.39. The summed E-state index contributed by atoms with van der Waals surface area (Å²) >= 11 is 0. The first kappa shape index (κ1) is 18.9. The van der Waals surface area contributed by atoms with Gasteiger partial charge >= 0.3 is 0 Å². The molecule has 1 N–H and O–H groups in total. The van der Waals surface area contributed by atoms with Gasteiger partial charge in [0.15, 0.2) is 0 Å². The van der Waals surface area contributed by atoms with Gasteiger partial charge in [-0.25, -0.2) is 0 Å². The topological polar surface area (TPSA) is 70.1 Å². The van der Waals surface area contributed by atoms with E-state index in [1.54, 1.807) is 36.0 Å². The molecule has 142 valence electrons. The molecule has 1 unspecified atom stereocenters. The van der Waals surface area contributed by atoms with Gasteiger partial charge in [0.2, 0.25) is 11.8 Å². The van der Waals surface area contributed by atoms with Crippen molar-refractivity contribution in [2.45, 2.75) is 26.0 Å². The minimum atomic E-state index is -0.509. The van der Waals surface area contributed by atoms with Crippen molar-refractivity contribution in [1.29, 1.82) is 0 Å². The van der Waals surface area contributed by atoms with Gasteiger partial charge < -0.3 is 19.6 Å². The lowest BCUT2D eigenvalue weighted by atomic mass is 10.1. The first-order chi connectivity index (χ1) is 13.0. The Labute approximate surface area is 159 Å². The SMILES string of the molecule is COc1ccc(N2CCN(C(=O)Cc3ccc(CO)cc3)C(C)C2=O)cc1. The highest BCUT2D eigenvalue weighted by Gasteiger charge is 2.34. The molecule has 0 spiro atoms. The van der Waals surface area contributed by atoms with Gasteiger partial charge in [0, 0.05) is 18.8 Å². The molecule has 1 fully saturated rings. The van der Waals surface area contributed by atoms with Gasteiger partial charge in [-0.1, -0.05) is 24.3 Å². The average Bonchev–Trinajstić information content (AvgIpc) is 2.70. The molecule has 0 aliphatic carbocycles. The molecule has 0 bridgehead atoms. The average molecular weight is 368 g/mol. The third-order valence-electron chi connectivity index (χ3n) is 4.92. The van der Waals surface area contributed by atoms with E-state index in [9.17, 15) is 9.59 Å². The van der Waals surface area contributed by atoms with Gasteiger partial charge in [0.05, 0.1) is 20.1 Å². The largest absolute Gasteiger partial charge is 0.497 e. The zero-order valence-corrected chi connectivity index (χ0v) is 15.6. The number of hydrogen-bond acceptors (Lipinski definition) is 4. The summed E-state index contributed by atoms with van der Waals surface area (Å²) in [6.07, 6.45) is 0.242. The predicted octanol–water partition coefficient (Wildman–Crippen LogP) is 1.99. The van der Waals surface area contributed by atoms with Crippen LogP contribution in [0.3, 0.4) is 0 Å². The highest BCUT2D eigenvalue weighted by molar-refractivity contribution is 6.00. The number of hydrogen-bond donors (Lipinski definition) is 1. The maximum absolute atomic E-state index is 12.8. The summed E-state index contributed by atoms with van der Waals surface area (Å²) in [6.45, 7) is 2.70. The molecule has 3 rings (SSSR count). The van der Waals surface area contributed by atoms with Crippen molar-refractivity contribution < 1.29 is 19.4 Å². The molecule has 2 amide bonds. The van der Waals surface area contributed by atoms with E-state index in [0.29, 0.717) is 13.1 Å². The van der Waals surface area contributed by atoms with E-state index in [-0.39, 0.29) is 24.8 Å². The molecule has 0 radical (unpaired) electrons. The Morgan fingerprint density at radius 1 is 1.07 bits per heavy atom. The number of aliphatic hydroxyl groups is 1. The third kappa shape index (κ3) is 4.11. The highest BCUT2D eigenvalue weighted by atomic mass is 16.5. The first-order valence-corrected chi connectivity index (χ1v) is 8.97. The fourth-order valence-electron chi connectivity index (χ4n) is 3.27. The number of nitrogens with zero attached hydrogens (tertiary/aromatic N) is 2. The van der Waals surface area contributed by atoms with Crippen molar-refractivity contribution in [3.63, 3.8) is 0 Å². The van der Waals surface area contributed by atoms with Gasteiger partial charge in [-0.05, 0) is 42.3 Å². The smallest absolute Gasteiger partial charge is 0.249 e. The normalized spacial score (nSPS) is 17.1. The van der Waals surface area contributed by atoms with Crippen molar-refractivity contribution in [1.82, 2.24) is 4.90 Å². The highest BCUT2D eigenvalue weighted by Crippen LogP contribution is 2.23. The van der Waals surface area contributed by atoms with Gasteiger partial charge in [-0.2, -0.15) is 0 Å². The van der Waals surface area contributed by atoms with Gasteiger partial charge in [-0.3, -0.25) is 9.59 Å². The number of benzene rings is 2. The van der Waals surface area contributed by atoms with Crippen molar-refractivity contribution >= 4 is 17.5 Å². The van der Waals surface area contributed by atoms with Crippen LogP contribution in [0.4, 0.5) is 5.69 Å². The van der Waals surface area contributed by atoms with Crippen LogP contribution in [-0.4, -0.2) is 48.1 Å². The summed E-state index contributed by atoms with van der Waals surface area (Å²) in [6, 6.07) is 14.1. The van der Waals surface area contributed by atoms with Crippen LogP contribution in [-0.2, 0) is 22.6 Å². The summed E-state index contributed by atoms with van der Waals surface area (Å²) in [5.74, 6) is 0.581. The van der Waals surface area contributed by atoms with Crippen LogP contribution in [0.2, 0.25) is 0 Å². The van der Waals surface area contributed by atoms with Gasteiger partial charge in [-0.15, -0.1) is 0 Å². The maximum atomic E-state index is 12.8. The molecule has 0 aromatic heterocycles. The fraction of sp³-hybridized carbons (Fsp3) is 0.333. The van der Waals surface area contributed by atoms with Crippen LogP contribution in [0.15, 0.2) is 48.5 Å². The lowest BCUT2D eigenvalue weighted by Crippen LogP contribution is -2.58. The summed E-state index contributed by atoms with van der Waals surface area (Å²) in [5.41, 5.74) is 2.48. The maximum Gasteiger partial charge on any atom is 0.249 e. The molecule has 1 aliphatic heterocycles. The van der Waals surface area contributed by atoms with Crippen molar-refractivity contribution in [2.75, 3.05) is 25.1 Å². The number of rotatable bonds is 5. The monoisotopic (exact) mass is 368 g/mol. The minimum Gasteiger partial charge on any atom is -0.497 e. The van der Waals surface area contributed by atoms with Crippen molar-refractivity contribution in [3.05, 3.63) is 59.7 Å². The van der Waals surface area contributed by atoms with Crippen molar-refractivity contribution in [2.24, 2.45) is 0 Å². The quantitative estimate of drug-likeness (QED) is 0.876. The van der Waals surface area contributed by atoms with E-state index < -0.39 is 6.04 Å². The van der Waals surface area contributed by atoms with Crippen LogP contribution in [0.5, 0.6) is 5.75 Å². The summed E-state index contributed by atoms with van der Waals surface area (Å²) in [7, 11) is 1.60. The number of anilines is 1. The summed E-state index contributed by atoms with van der Waals surface area (Å²) in [4.78, 5) is 28.9. The zero-order valence-electron chi connectivity index (χ0n) is 15.6. The molecular weight excluding hydrogens is 344 g/mol. The molecule has 1 atom stereocenters. The zero-order chi connectivity index (χ0) is 19.4. The van der Waals surface area contributed by atoms with Crippen LogP contribution in [0, 0.1) is 0 Å². The second kappa shape index (κ2) is 8.22. The second-order valence-corrected chi connectivity index (χ2v) is 6.60. The van der Waals surface area contributed by atoms with Crippen molar-refractivity contribution in [3.8, 4) is 5.75 Å². The fourth-order valence-corrected chi connectivity index (χ4v) is 3.27. The van der Waals surface area contributed by atoms with E-state index in [0.717, 1.165) is 22.6 Å². The Morgan fingerprint density at radius 3 is 2.30 bits per heavy atom. The number of amides is 2. The van der Waals surface area contributed by atoms with E-state index in [1.165, 1.54) is 0 Å². The van der Waals surface area contributed by atoms with Gasteiger partial charge in [0.1, 0.15) is 11.8 Å². The predicted molar refractivity (Wildman–Crippen MR) is 103 cm³/mol. The number of carbonyl (C=O) groups excluding carboxylic acids is 2. The van der Waals surface area contributed by atoms with Crippen LogP contribution < -0.4 is 9.64 Å². The second-order valence-electron chi connectivity index (χ2n) is 6.60. The van der Waals surface area contributed by atoms with E-state index in [2.05, 4.69) is 0 Å². The number of methoxy groups -OCH3 is 1. The molecule has 6 heteroatoms. The van der Waals surface area contributed by atoms with E-state index in [4.69, 9.17) is 9.84 Å². The molecule has 1 heterocycles. The van der Waals surface area contributed by atoms with Crippen LogP contribution in [0.25, 0.3) is 0 Å². The number of ether oxygens (including phenoxy) is 1. The molecule has 27 heavy (non-hydrogen) atoms. The molecule has 1 aliphatic rings. The Balaban J connectivity index is 1.66. The van der Waals surface area contributed by atoms with Gasteiger partial charge in [0.25, 0.3) is 0 Å². The molecule has 2 aromatic rings. The lowest BCUT2D eigenvalue weighted by molar-refractivity contribution is -0.140. The molecule has 2 aromatic carbocycles. The molecule has 0 saturated carbocycles. The summed E-state index contributed by atoms with van der Waals surface area (Å²) in [5, 5.41) is 9.10. The molecule has 6 nitrogen and oxygen atoms in total. The first-order valence-electron chi connectivity index (χ1n) is 8.97. The summed E-state index contributed by atoms with van der Waals surface area (Å²) < 4.78 is 5.15. The minimum absolute atomic E-state index is 0.0208. The number of carbonyl (C=O) groups is 2. The standard InChI is InChI=1S/C21H24N2O4/c1-15-21(26)23(18-7-9-19(27-2)10-8-18)12-11-22(15)20(25)13-16-3-5-17(14-24)6-4-16/h3-10,15,24H,11-14H2,1-2H3. The van der Waals surface area contributed by atoms with E-state index >= 15 is 0 Å². The third-order valence-corrected chi connectivity index (χ3v) is 4.92. The van der Waals surface area contributed by atoms with E-state index in [1.807, 2.05) is 36.4 Å². The van der Waals surface area contributed by atoms with Crippen LogP contribution in [0.1, 0.15) is 18.1 Å². The number of piperazine rings is 1. The van der Waals surface area contributed by atoms with Crippen LogP contribution >= 0.6 is 0 Å². The Kier molecular flexibility index (Phi) is 5.76. The Hall–Kier alpha value is -2.86. The number of aliphatic hydroxyl groups excluding tert-OH is 1.